The molecule has 4 rings (SSSR count). The lowest BCUT2D eigenvalue weighted by atomic mass is 10.1. The summed E-state index contributed by atoms with van der Waals surface area (Å²) in [5.74, 6) is 3.24. The zero-order valence-electron chi connectivity index (χ0n) is 8.67. The van der Waals surface area contributed by atoms with Crippen molar-refractivity contribution in [1.29, 1.82) is 0 Å². The molecule has 5 heteroatoms. The standard InChI is InChI=1S/C11H11ClN4/c12-8-4-5-9-13-14-11(16(9)15-8)10-6-2-1-3-7(6)10/h4-7,10H,1-3H2. The van der Waals surface area contributed by atoms with E-state index in [-0.39, 0.29) is 0 Å². The molecule has 2 aromatic heterocycles. The van der Waals surface area contributed by atoms with Crippen LogP contribution in [-0.2, 0) is 0 Å². The van der Waals surface area contributed by atoms with E-state index in [2.05, 4.69) is 15.3 Å². The Bertz CT molecular complexity index is 554. The molecule has 0 aromatic carbocycles. The normalized spacial score (nSPS) is 31.9. The van der Waals surface area contributed by atoms with Crippen molar-refractivity contribution in [2.24, 2.45) is 11.8 Å². The van der Waals surface area contributed by atoms with Crippen molar-refractivity contribution in [3.63, 3.8) is 0 Å². The van der Waals surface area contributed by atoms with Gasteiger partial charge in [0.25, 0.3) is 0 Å². The molecule has 82 valence electrons. The van der Waals surface area contributed by atoms with Crippen molar-refractivity contribution < 1.29 is 0 Å². The van der Waals surface area contributed by atoms with Gasteiger partial charge in [-0.1, -0.05) is 18.0 Å². The van der Waals surface area contributed by atoms with Crippen LogP contribution < -0.4 is 0 Å². The van der Waals surface area contributed by atoms with Gasteiger partial charge in [0, 0.05) is 5.92 Å². The quantitative estimate of drug-likeness (QED) is 0.761. The number of halogens is 1. The van der Waals surface area contributed by atoms with Crippen molar-refractivity contribution >= 4 is 17.2 Å². The minimum atomic E-state index is 0.499. The van der Waals surface area contributed by atoms with Gasteiger partial charge in [-0.3, -0.25) is 0 Å². The summed E-state index contributed by atoms with van der Waals surface area (Å²) < 4.78 is 1.81. The van der Waals surface area contributed by atoms with Gasteiger partial charge in [0.1, 0.15) is 5.15 Å². The van der Waals surface area contributed by atoms with Crippen molar-refractivity contribution in [1.82, 2.24) is 19.8 Å². The Labute approximate surface area is 97.6 Å². The molecule has 0 amide bonds. The number of hydrogen-bond acceptors (Lipinski definition) is 3. The van der Waals surface area contributed by atoms with Gasteiger partial charge in [-0.2, -0.15) is 9.61 Å². The highest BCUT2D eigenvalue weighted by molar-refractivity contribution is 6.29. The van der Waals surface area contributed by atoms with E-state index < -0.39 is 0 Å². The summed E-state index contributed by atoms with van der Waals surface area (Å²) in [5, 5.41) is 13.2. The third-order valence-corrected chi connectivity index (χ3v) is 4.16. The Morgan fingerprint density at radius 1 is 1.19 bits per heavy atom. The Kier molecular flexibility index (Phi) is 1.64. The minimum Gasteiger partial charge on any atom is -0.196 e. The topological polar surface area (TPSA) is 43.1 Å². The summed E-state index contributed by atoms with van der Waals surface area (Å²) >= 11 is 5.91. The van der Waals surface area contributed by atoms with Gasteiger partial charge in [-0.15, -0.1) is 10.2 Å². The van der Waals surface area contributed by atoms with Crippen molar-refractivity contribution in [3.8, 4) is 0 Å². The monoisotopic (exact) mass is 234 g/mol. The van der Waals surface area contributed by atoms with E-state index in [4.69, 9.17) is 11.6 Å². The number of aromatic nitrogens is 4. The number of fused-ring (bicyclic) bond motifs is 2. The SMILES string of the molecule is Clc1ccc2nnc(C3C4CCCC43)n2n1. The van der Waals surface area contributed by atoms with Crippen LogP contribution in [0.5, 0.6) is 0 Å². The predicted octanol–water partition coefficient (Wildman–Crippen LogP) is 2.29. The zero-order valence-corrected chi connectivity index (χ0v) is 9.43. The van der Waals surface area contributed by atoms with Crippen LogP contribution in [0, 0.1) is 11.8 Å². The average Bonchev–Trinajstić information content (AvgIpc) is 2.71. The number of rotatable bonds is 1. The van der Waals surface area contributed by atoms with Crippen LogP contribution in [0.4, 0.5) is 0 Å². The minimum absolute atomic E-state index is 0.499. The van der Waals surface area contributed by atoms with Crippen molar-refractivity contribution in [3.05, 3.63) is 23.1 Å². The van der Waals surface area contributed by atoms with Gasteiger partial charge in [-0.25, -0.2) is 0 Å². The molecule has 4 nitrogen and oxygen atoms in total. The smallest absolute Gasteiger partial charge is 0.178 e. The Morgan fingerprint density at radius 2 is 2.00 bits per heavy atom. The van der Waals surface area contributed by atoms with Crippen LogP contribution in [0.25, 0.3) is 5.65 Å². The lowest BCUT2D eigenvalue weighted by Gasteiger charge is -2.00. The molecule has 2 heterocycles. The Morgan fingerprint density at radius 3 is 2.81 bits per heavy atom. The fourth-order valence-corrected chi connectivity index (χ4v) is 3.33. The van der Waals surface area contributed by atoms with E-state index in [9.17, 15) is 0 Å². The lowest BCUT2D eigenvalue weighted by molar-refractivity contribution is 0.642. The summed E-state index contributed by atoms with van der Waals surface area (Å²) in [7, 11) is 0. The van der Waals surface area contributed by atoms with Crippen LogP contribution in [0.2, 0.25) is 5.15 Å². The van der Waals surface area contributed by atoms with Crippen molar-refractivity contribution in [2.75, 3.05) is 0 Å². The second kappa shape index (κ2) is 2.94. The summed E-state index contributed by atoms with van der Waals surface area (Å²) in [6, 6.07) is 3.62. The maximum absolute atomic E-state index is 5.91. The van der Waals surface area contributed by atoms with Crippen LogP contribution in [0.15, 0.2) is 12.1 Å². The largest absolute Gasteiger partial charge is 0.196 e. The van der Waals surface area contributed by atoms with Gasteiger partial charge in [-0.05, 0) is 36.8 Å². The van der Waals surface area contributed by atoms with E-state index in [0.29, 0.717) is 11.1 Å². The van der Waals surface area contributed by atoms with E-state index in [1.165, 1.54) is 19.3 Å². The van der Waals surface area contributed by atoms with Gasteiger partial charge in [0.15, 0.2) is 11.5 Å². The van der Waals surface area contributed by atoms with E-state index in [0.717, 1.165) is 23.3 Å². The third kappa shape index (κ3) is 1.08. The summed E-state index contributed by atoms with van der Waals surface area (Å²) in [6.45, 7) is 0. The highest BCUT2D eigenvalue weighted by Crippen LogP contribution is 2.62. The van der Waals surface area contributed by atoms with E-state index >= 15 is 0 Å². The average molecular weight is 235 g/mol. The highest BCUT2D eigenvalue weighted by atomic mass is 35.5. The Balaban J connectivity index is 1.83. The number of hydrogen-bond donors (Lipinski definition) is 0. The lowest BCUT2D eigenvalue weighted by Crippen LogP contribution is -2.00. The maximum Gasteiger partial charge on any atom is 0.178 e. The highest BCUT2D eigenvalue weighted by Gasteiger charge is 2.55. The molecule has 2 unspecified atom stereocenters. The first-order valence-corrected chi connectivity index (χ1v) is 6.10. The third-order valence-electron chi connectivity index (χ3n) is 3.96. The van der Waals surface area contributed by atoms with Crippen LogP contribution in [0.1, 0.15) is 31.0 Å². The van der Waals surface area contributed by atoms with Gasteiger partial charge < -0.3 is 0 Å². The molecule has 0 saturated heterocycles. The second-order valence-electron chi connectivity index (χ2n) is 4.77. The molecule has 2 atom stereocenters. The van der Waals surface area contributed by atoms with E-state index in [1.54, 1.807) is 6.07 Å². The molecular weight excluding hydrogens is 224 g/mol. The molecule has 0 spiro atoms. The Hall–Kier alpha value is -1.16. The first-order valence-electron chi connectivity index (χ1n) is 5.72. The summed E-state index contributed by atoms with van der Waals surface area (Å²) in [5.41, 5.74) is 0.796. The molecule has 2 fully saturated rings. The molecule has 2 aliphatic rings. The number of nitrogens with zero attached hydrogens (tertiary/aromatic N) is 4. The van der Waals surface area contributed by atoms with E-state index in [1.807, 2.05) is 10.6 Å². The molecule has 0 aliphatic heterocycles. The fourth-order valence-electron chi connectivity index (χ4n) is 3.20. The second-order valence-corrected chi connectivity index (χ2v) is 5.16. The molecule has 2 aliphatic carbocycles. The van der Waals surface area contributed by atoms with Crippen LogP contribution in [-0.4, -0.2) is 19.8 Å². The molecule has 2 saturated carbocycles. The van der Waals surface area contributed by atoms with Crippen molar-refractivity contribution in [2.45, 2.75) is 25.2 Å². The molecule has 16 heavy (non-hydrogen) atoms. The summed E-state index contributed by atoms with van der Waals surface area (Å²) in [4.78, 5) is 0. The molecular formula is C11H11ClN4. The zero-order chi connectivity index (χ0) is 10.7. The molecule has 2 aromatic rings. The first-order chi connectivity index (χ1) is 7.84. The first kappa shape index (κ1) is 8.93. The molecule has 0 radical (unpaired) electrons. The predicted molar refractivity (Wildman–Crippen MR) is 59.4 cm³/mol. The van der Waals surface area contributed by atoms with Gasteiger partial charge >= 0.3 is 0 Å². The molecule has 0 N–H and O–H groups in total. The van der Waals surface area contributed by atoms with Crippen LogP contribution in [0.3, 0.4) is 0 Å². The molecule has 0 bridgehead atoms. The fraction of sp³-hybridized carbons (Fsp3) is 0.545. The van der Waals surface area contributed by atoms with Gasteiger partial charge in [0.05, 0.1) is 0 Å². The maximum atomic E-state index is 5.91. The van der Waals surface area contributed by atoms with Crippen LogP contribution >= 0.6 is 11.6 Å². The van der Waals surface area contributed by atoms with Gasteiger partial charge in [0.2, 0.25) is 0 Å². The summed E-state index contributed by atoms with van der Waals surface area (Å²) in [6.07, 6.45) is 4.05.